The molecule has 0 radical (unpaired) electrons. The van der Waals surface area contributed by atoms with E-state index < -0.39 is 17.1 Å². The molecule has 10 nitrogen and oxygen atoms in total. The molecule has 0 aliphatic heterocycles. The van der Waals surface area contributed by atoms with Crippen LogP contribution < -0.4 is 16.3 Å². The van der Waals surface area contributed by atoms with Crippen molar-refractivity contribution in [3.05, 3.63) is 93.6 Å². The van der Waals surface area contributed by atoms with Crippen LogP contribution in [0.25, 0.3) is 10.9 Å². The molecule has 2 amide bonds. The van der Waals surface area contributed by atoms with E-state index in [4.69, 9.17) is 9.68 Å². The zero-order valence-electron chi connectivity index (χ0n) is 22.1. The highest BCUT2D eigenvalue weighted by molar-refractivity contribution is 6.06. The van der Waals surface area contributed by atoms with Gasteiger partial charge in [-0.05, 0) is 68.8 Å². The number of benzene rings is 2. The lowest BCUT2D eigenvalue weighted by Gasteiger charge is -2.30. The van der Waals surface area contributed by atoms with Crippen molar-refractivity contribution >= 4 is 34.4 Å². The fraction of sp³-hybridized carbons (Fsp3) is 0.241. The molecule has 0 saturated carbocycles. The third kappa shape index (κ3) is 6.10. The molecular formula is C29H28N6O4. The summed E-state index contributed by atoms with van der Waals surface area (Å²) >= 11 is 0. The Balaban J connectivity index is 1.51. The summed E-state index contributed by atoms with van der Waals surface area (Å²) in [6, 6.07) is 17.1. The quantitative estimate of drug-likeness (QED) is 0.353. The Labute approximate surface area is 225 Å². The highest BCUT2D eigenvalue weighted by Gasteiger charge is 2.32. The molecule has 2 heterocycles. The summed E-state index contributed by atoms with van der Waals surface area (Å²) in [6.07, 6.45) is 2.31. The van der Waals surface area contributed by atoms with Gasteiger partial charge in [0, 0.05) is 43.2 Å². The maximum atomic E-state index is 13.1. The van der Waals surface area contributed by atoms with Crippen molar-refractivity contribution in [3.63, 3.8) is 0 Å². The second-order valence-corrected chi connectivity index (χ2v) is 9.63. The van der Waals surface area contributed by atoms with Gasteiger partial charge in [-0.2, -0.15) is 10.2 Å². The monoisotopic (exact) mass is 524 g/mol. The number of aryl methyl sites for hydroxylation is 1. The van der Waals surface area contributed by atoms with Gasteiger partial charge in [-0.25, -0.2) is 4.79 Å². The largest absolute Gasteiger partial charge is 0.389 e. The van der Waals surface area contributed by atoms with Gasteiger partial charge < -0.3 is 20.0 Å². The van der Waals surface area contributed by atoms with E-state index in [2.05, 4.69) is 20.6 Å². The van der Waals surface area contributed by atoms with E-state index in [1.807, 2.05) is 24.3 Å². The van der Waals surface area contributed by atoms with Gasteiger partial charge in [-0.1, -0.05) is 12.1 Å². The molecule has 0 aliphatic rings. The fourth-order valence-electron chi connectivity index (χ4n) is 4.16. The highest BCUT2D eigenvalue weighted by Crippen LogP contribution is 2.25. The zero-order valence-corrected chi connectivity index (χ0v) is 22.1. The van der Waals surface area contributed by atoms with Gasteiger partial charge in [0.05, 0.1) is 22.5 Å². The Kier molecular flexibility index (Phi) is 7.72. The maximum Gasteiger partial charge on any atom is 0.348 e. The summed E-state index contributed by atoms with van der Waals surface area (Å²) in [4.78, 5) is 49.1. The van der Waals surface area contributed by atoms with E-state index in [9.17, 15) is 14.4 Å². The number of carbonyl (C=O) groups is 2. The second-order valence-electron chi connectivity index (χ2n) is 9.63. The molecule has 0 saturated heterocycles. The normalized spacial score (nSPS) is 11.1. The van der Waals surface area contributed by atoms with E-state index in [1.54, 1.807) is 69.2 Å². The number of likely N-dealkylation sites (N-methyl/N-ethyl adjacent to an activating group) is 1. The highest BCUT2D eigenvalue weighted by atomic mass is 16.4. The second kappa shape index (κ2) is 11.1. The Hall–Kier alpha value is -5.04. The molecule has 0 atom stereocenters. The van der Waals surface area contributed by atoms with Gasteiger partial charge >= 0.3 is 5.63 Å². The Morgan fingerprint density at radius 3 is 2.64 bits per heavy atom. The van der Waals surface area contributed by atoms with Crippen LogP contribution in [-0.4, -0.2) is 45.8 Å². The first-order chi connectivity index (χ1) is 18.6. The molecule has 2 aromatic heterocycles. The SMILES string of the molecule is Cc1c(NC(=O)c2cccc(C#N)c2)ccc2nc(NC(C)(C)C(=O)N(C)CCc3ccccn3)oc(=O)c12. The molecule has 4 rings (SSSR count). The van der Waals surface area contributed by atoms with Crippen LogP contribution in [0.3, 0.4) is 0 Å². The van der Waals surface area contributed by atoms with Crippen LogP contribution in [0.1, 0.15) is 41.0 Å². The number of pyridine rings is 1. The van der Waals surface area contributed by atoms with E-state index >= 15 is 0 Å². The number of nitrogens with one attached hydrogen (secondary N) is 2. The topological polar surface area (TPSA) is 141 Å². The number of nitrogens with zero attached hydrogens (tertiary/aromatic N) is 4. The molecule has 4 aromatic rings. The summed E-state index contributed by atoms with van der Waals surface area (Å²) in [6.45, 7) is 5.51. The predicted octanol–water partition coefficient (Wildman–Crippen LogP) is 3.91. The van der Waals surface area contributed by atoms with Crippen LogP contribution in [0.4, 0.5) is 11.7 Å². The third-order valence-electron chi connectivity index (χ3n) is 6.29. The van der Waals surface area contributed by atoms with Gasteiger partial charge in [0.1, 0.15) is 5.54 Å². The Bertz CT molecular complexity index is 1640. The van der Waals surface area contributed by atoms with Crippen molar-refractivity contribution < 1.29 is 14.0 Å². The first-order valence-corrected chi connectivity index (χ1v) is 12.3. The number of aromatic nitrogens is 2. The van der Waals surface area contributed by atoms with Crippen molar-refractivity contribution in [1.82, 2.24) is 14.9 Å². The molecule has 0 spiro atoms. The molecular weight excluding hydrogens is 496 g/mol. The summed E-state index contributed by atoms with van der Waals surface area (Å²) in [7, 11) is 1.70. The smallest absolute Gasteiger partial charge is 0.348 e. The van der Waals surface area contributed by atoms with E-state index in [0.29, 0.717) is 40.9 Å². The molecule has 0 fully saturated rings. The Morgan fingerprint density at radius 1 is 1.13 bits per heavy atom. The van der Waals surface area contributed by atoms with Crippen LogP contribution >= 0.6 is 0 Å². The van der Waals surface area contributed by atoms with Gasteiger partial charge in [0.25, 0.3) is 11.9 Å². The van der Waals surface area contributed by atoms with Gasteiger partial charge in [-0.15, -0.1) is 0 Å². The minimum Gasteiger partial charge on any atom is -0.389 e. The molecule has 10 heteroatoms. The van der Waals surface area contributed by atoms with Crippen LogP contribution in [0.15, 0.2) is 70.0 Å². The number of amides is 2. The predicted molar refractivity (Wildman–Crippen MR) is 147 cm³/mol. The summed E-state index contributed by atoms with van der Waals surface area (Å²) in [5, 5.41) is 15.0. The van der Waals surface area contributed by atoms with E-state index in [1.165, 1.54) is 6.07 Å². The van der Waals surface area contributed by atoms with Crippen molar-refractivity contribution in [2.75, 3.05) is 24.2 Å². The molecule has 198 valence electrons. The number of carbonyl (C=O) groups excluding carboxylic acids is 2. The lowest BCUT2D eigenvalue weighted by molar-refractivity contribution is -0.133. The minimum absolute atomic E-state index is 0.0894. The van der Waals surface area contributed by atoms with Crippen molar-refractivity contribution in [2.24, 2.45) is 0 Å². The molecule has 2 aromatic carbocycles. The number of anilines is 2. The van der Waals surface area contributed by atoms with E-state index in [-0.39, 0.29) is 17.3 Å². The molecule has 2 N–H and O–H groups in total. The van der Waals surface area contributed by atoms with Crippen LogP contribution in [-0.2, 0) is 11.2 Å². The summed E-state index contributed by atoms with van der Waals surface area (Å²) in [5.41, 5.74) is 1.03. The van der Waals surface area contributed by atoms with Crippen molar-refractivity contribution in [2.45, 2.75) is 32.7 Å². The maximum absolute atomic E-state index is 13.1. The number of hydrogen-bond donors (Lipinski definition) is 2. The first kappa shape index (κ1) is 27.0. The number of rotatable bonds is 8. The van der Waals surface area contributed by atoms with Crippen LogP contribution in [0, 0.1) is 18.3 Å². The van der Waals surface area contributed by atoms with Crippen molar-refractivity contribution in [3.8, 4) is 6.07 Å². The lowest BCUT2D eigenvalue weighted by atomic mass is 10.0. The molecule has 39 heavy (non-hydrogen) atoms. The van der Waals surface area contributed by atoms with Crippen LogP contribution in [0.5, 0.6) is 0 Å². The number of fused-ring (bicyclic) bond motifs is 1. The number of nitriles is 1. The summed E-state index contributed by atoms with van der Waals surface area (Å²) in [5.74, 6) is -0.629. The van der Waals surface area contributed by atoms with E-state index in [0.717, 1.165) is 5.69 Å². The molecule has 0 bridgehead atoms. The Morgan fingerprint density at radius 2 is 1.92 bits per heavy atom. The summed E-state index contributed by atoms with van der Waals surface area (Å²) < 4.78 is 5.43. The fourth-order valence-corrected chi connectivity index (χ4v) is 4.16. The lowest BCUT2D eigenvalue weighted by Crippen LogP contribution is -2.49. The standard InChI is InChI=1S/C29H28N6O4/c1-18-22(32-25(36)20-9-7-8-19(16-20)17-30)11-12-23-24(18)26(37)39-28(33-23)34-29(2,3)27(38)35(4)15-13-21-10-5-6-14-31-21/h5-12,14,16H,13,15H2,1-4H3,(H,32,36)(H,33,34). The van der Waals surface area contributed by atoms with Gasteiger partial charge in [0.15, 0.2) is 0 Å². The zero-order chi connectivity index (χ0) is 28.2. The van der Waals surface area contributed by atoms with Crippen molar-refractivity contribution in [1.29, 1.82) is 5.26 Å². The van der Waals surface area contributed by atoms with Gasteiger partial charge in [-0.3, -0.25) is 14.6 Å². The molecule has 0 unspecified atom stereocenters. The van der Waals surface area contributed by atoms with Gasteiger partial charge in [0.2, 0.25) is 5.91 Å². The van der Waals surface area contributed by atoms with Crippen LogP contribution in [0.2, 0.25) is 0 Å². The molecule has 0 aliphatic carbocycles. The average Bonchev–Trinajstić information content (AvgIpc) is 2.92. The first-order valence-electron chi connectivity index (χ1n) is 12.3. The average molecular weight is 525 g/mol. The third-order valence-corrected chi connectivity index (χ3v) is 6.29. The minimum atomic E-state index is -1.11. The number of hydrogen-bond acceptors (Lipinski definition) is 8.